The van der Waals surface area contributed by atoms with Gasteiger partial charge in [-0.1, -0.05) is 61.7 Å². The van der Waals surface area contributed by atoms with Crippen LogP contribution in [0.4, 0.5) is 5.69 Å². The summed E-state index contributed by atoms with van der Waals surface area (Å²) in [6.07, 6.45) is 6.03. The first-order chi connectivity index (χ1) is 16.4. The van der Waals surface area contributed by atoms with E-state index in [0.717, 1.165) is 49.7 Å². The van der Waals surface area contributed by atoms with Crippen molar-refractivity contribution in [2.45, 2.75) is 76.4 Å². The zero-order valence-electron chi connectivity index (χ0n) is 19.7. The number of unbranched alkanes of at least 4 members (excludes halogenated alkanes) is 3. The zero-order valence-corrected chi connectivity index (χ0v) is 19.7. The predicted molar refractivity (Wildman–Crippen MR) is 133 cm³/mol. The molecule has 0 radical (unpaired) electrons. The number of carboxylic acid groups (broad SMARTS) is 1. The molecule has 4 N–H and O–H groups in total. The predicted octanol–water partition coefficient (Wildman–Crippen LogP) is 5.25. The molecule has 1 fully saturated rings. The van der Waals surface area contributed by atoms with Gasteiger partial charge in [0.1, 0.15) is 6.10 Å². The molecule has 3 rings (SSSR count). The Balaban J connectivity index is 1.40. The topological polar surface area (TPSA) is 107 Å². The van der Waals surface area contributed by atoms with Crippen LogP contribution in [-0.2, 0) is 9.59 Å². The third-order valence-corrected chi connectivity index (χ3v) is 6.98. The number of aliphatic hydroxyl groups excluding tert-OH is 2. The van der Waals surface area contributed by atoms with Crippen molar-refractivity contribution in [2.75, 3.05) is 5.32 Å². The number of aliphatic hydroxyl groups is 2. The number of carboxylic acids is 1. The molecule has 1 aliphatic rings. The highest BCUT2D eigenvalue weighted by Crippen LogP contribution is 2.39. The Morgan fingerprint density at radius 3 is 2.26 bits per heavy atom. The van der Waals surface area contributed by atoms with Gasteiger partial charge < -0.3 is 20.6 Å². The minimum absolute atomic E-state index is 0.195. The first-order valence-corrected chi connectivity index (χ1v) is 12.5. The number of nitrogens with one attached hydrogen (secondary N) is 1. The number of hydrogen-bond acceptors (Lipinski definition) is 4. The Bertz CT molecular complexity index is 899. The summed E-state index contributed by atoms with van der Waals surface area (Å²) in [6, 6.07) is 17.6. The normalized spacial score (nSPS) is 20.7. The molecule has 0 aliphatic heterocycles. The van der Waals surface area contributed by atoms with Gasteiger partial charge in [0.15, 0.2) is 0 Å². The molecule has 6 heteroatoms. The van der Waals surface area contributed by atoms with Gasteiger partial charge in [0, 0.05) is 12.1 Å². The average Bonchev–Trinajstić information content (AvgIpc) is 3.19. The van der Waals surface area contributed by atoms with Gasteiger partial charge in [-0.25, -0.2) is 0 Å². The van der Waals surface area contributed by atoms with Crippen molar-refractivity contribution in [1.82, 2.24) is 0 Å². The summed E-state index contributed by atoms with van der Waals surface area (Å²) in [5, 5.41) is 32.3. The summed E-state index contributed by atoms with van der Waals surface area (Å²) < 4.78 is 0. The standard InChI is InChI=1S/C28H37NO5/c30-25-18-14-22(24(25)10-6-1-2-7-11-27(32)33)15-19-26(31)28(34)29-23-16-12-21(13-17-23)20-8-4-3-5-9-20/h3-5,8-9,12-13,16-17,22,24-26,30-31H,1-2,6-7,10-11,14-15,18-19H2,(H,29,34)(H,32,33)/t22-,24-,25+,26?/m1/s1. The van der Waals surface area contributed by atoms with E-state index in [1.54, 1.807) is 0 Å². The van der Waals surface area contributed by atoms with E-state index in [9.17, 15) is 19.8 Å². The molecule has 184 valence electrons. The van der Waals surface area contributed by atoms with Gasteiger partial charge in [0.2, 0.25) is 0 Å². The number of anilines is 1. The van der Waals surface area contributed by atoms with Crippen LogP contribution in [-0.4, -0.2) is 39.4 Å². The Morgan fingerprint density at radius 2 is 1.56 bits per heavy atom. The molecule has 0 bridgehead atoms. The molecule has 0 spiro atoms. The van der Waals surface area contributed by atoms with Crippen LogP contribution in [0.1, 0.15) is 64.2 Å². The van der Waals surface area contributed by atoms with Crippen LogP contribution >= 0.6 is 0 Å². The number of amides is 1. The number of aliphatic carboxylic acids is 1. The van der Waals surface area contributed by atoms with Crippen LogP contribution in [0.25, 0.3) is 11.1 Å². The fraction of sp³-hybridized carbons (Fsp3) is 0.500. The number of carbonyl (C=O) groups is 2. The van der Waals surface area contributed by atoms with Crippen LogP contribution in [0.15, 0.2) is 54.6 Å². The van der Waals surface area contributed by atoms with Gasteiger partial charge >= 0.3 is 5.97 Å². The Morgan fingerprint density at radius 1 is 0.882 bits per heavy atom. The van der Waals surface area contributed by atoms with Gasteiger partial charge in [0.25, 0.3) is 5.91 Å². The van der Waals surface area contributed by atoms with Crippen molar-refractivity contribution >= 4 is 17.6 Å². The van der Waals surface area contributed by atoms with Crippen LogP contribution < -0.4 is 5.32 Å². The van der Waals surface area contributed by atoms with E-state index in [-0.39, 0.29) is 18.4 Å². The summed E-state index contributed by atoms with van der Waals surface area (Å²) >= 11 is 0. The monoisotopic (exact) mass is 467 g/mol. The van der Waals surface area contributed by atoms with E-state index in [1.807, 2.05) is 54.6 Å². The van der Waals surface area contributed by atoms with Crippen molar-refractivity contribution in [3.63, 3.8) is 0 Å². The van der Waals surface area contributed by atoms with Crippen molar-refractivity contribution in [2.24, 2.45) is 11.8 Å². The third-order valence-electron chi connectivity index (χ3n) is 6.98. The molecular weight excluding hydrogens is 430 g/mol. The average molecular weight is 468 g/mol. The first kappa shape index (κ1) is 25.9. The summed E-state index contributed by atoms with van der Waals surface area (Å²) in [5.41, 5.74) is 2.82. The molecular formula is C28H37NO5. The Hall–Kier alpha value is -2.70. The van der Waals surface area contributed by atoms with Crippen LogP contribution in [0.2, 0.25) is 0 Å². The van der Waals surface area contributed by atoms with Crippen LogP contribution in [0.3, 0.4) is 0 Å². The maximum Gasteiger partial charge on any atom is 0.303 e. The molecule has 4 atom stereocenters. The number of rotatable bonds is 13. The van der Waals surface area contributed by atoms with Gasteiger partial charge in [-0.2, -0.15) is 0 Å². The molecule has 0 aromatic heterocycles. The molecule has 34 heavy (non-hydrogen) atoms. The van der Waals surface area contributed by atoms with E-state index < -0.39 is 18.0 Å². The second-order valence-electron chi connectivity index (χ2n) is 9.44. The zero-order chi connectivity index (χ0) is 24.3. The number of carbonyl (C=O) groups excluding carboxylic acids is 1. The molecule has 1 saturated carbocycles. The minimum atomic E-state index is -1.08. The van der Waals surface area contributed by atoms with Crippen LogP contribution in [0, 0.1) is 11.8 Å². The molecule has 1 aliphatic carbocycles. The van der Waals surface area contributed by atoms with Gasteiger partial charge in [-0.3, -0.25) is 9.59 Å². The van der Waals surface area contributed by atoms with Gasteiger partial charge in [-0.15, -0.1) is 0 Å². The van der Waals surface area contributed by atoms with E-state index in [4.69, 9.17) is 5.11 Å². The molecule has 1 amide bonds. The highest BCUT2D eigenvalue weighted by Gasteiger charge is 2.34. The fourth-order valence-electron chi connectivity index (χ4n) is 5.03. The Labute approximate surface area is 202 Å². The highest BCUT2D eigenvalue weighted by atomic mass is 16.4. The van der Waals surface area contributed by atoms with Crippen molar-refractivity contribution in [3.05, 3.63) is 54.6 Å². The van der Waals surface area contributed by atoms with Crippen molar-refractivity contribution in [1.29, 1.82) is 0 Å². The van der Waals surface area contributed by atoms with Gasteiger partial charge in [-0.05, 0) is 73.6 Å². The lowest BCUT2D eigenvalue weighted by atomic mass is 9.85. The lowest BCUT2D eigenvalue weighted by Gasteiger charge is -2.23. The van der Waals surface area contributed by atoms with E-state index in [0.29, 0.717) is 30.9 Å². The molecule has 0 saturated heterocycles. The summed E-state index contributed by atoms with van der Waals surface area (Å²) in [7, 11) is 0. The minimum Gasteiger partial charge on any atom is -0.481 e. The fourth-order valence-corrected chi connectivity index (χ4v) is 5.03. The largest absolute Gasteiger partial charge is 0.481 e. The first-order valence-electron chi connectivity index (χ1n) is 12.5. The smallest absolute Gasteiger partial charge is 0.303 e. The molecule has 1 unspecified atom stereocenters. The summed E-state index contributed by atoms with van der Waals surface area (Å²) in [6.45, 7) is 0. The van der Waals surface area contributed by atoms with E-state index in [2.05, 4.69) is 5.32 Å². The van der Waals surface area contributed by atoms with E-state index >= 15 is 0 Å². The third kappa shape index (κ3) is 7.96. The molecule has 2 aromatic rings. The number of hydrogen-bond donors (Lipinski definition) is 4. The molecule has 2 aromatic carbocycles. The maximum absolute atomic E-state index is 12.5. The summed E-state index contributed by atoms with van der Waals surface area (Å²) in [5.74, 6) is -0.652. The van der Waals surface area contributed by atoms with Crippen LogP contribution in [0.5, 0.6) is 0 Å². The highest BCUT2D eigenvalue weighted by molar-refractivity contribution is 5.94. The van der Waals surface area contributed by atoms with Crippen molar-refractivity contribution in [3.8, 4) is 11.1 Å². The number of benzene rings is 2. The Kier molecular flexibility index (Phi) is 10.1. The molecule has 6 nitrogen and oxygen atoms in total. The van der Waals surface area contributed by atoms with E-state index in [1.165, 1.54) is 0 Å². The van der Waals surface area contributed by atoms with Crippen molar-refractivity contribution < 1.29 is 24.9 Å². The van der Waals surface area contributed by atoms with Gasteiger partial charge in [0.05, 0.1) is 6.10 Å². The second kappa shape index (κ2) is 13.3. The molecule has 0 heterocycles. The quantitative estimate of drug-likeness (QED) is 0.301. The second-order valence-corrected chi connectivity index (χ2v) is 9.44. The SMILES string of the molecule is O=C(O)CCCCCC[C@@H]1[C@@H](CCC(O)C(=O)Nc2ccc(-c3ccccc3)cc2)CC[C@@H]1O. The maximum atomic E-state index is 12.5. The lowest BCUT2D eigenvalue weighted by molar-refractivity contribution is -0.137. The summed E-state index contributed by atoms with van der Waals surface area (Å²) in [4.78, 5) is 23.1. The lowest BCUT2D eigenvalue weighted by Crippen LogP contribution is -2.29.